The van der Waals surface area contributed by atoms with Crippen LogP contribution in [0.15, 0.2) is 18.2 Å². The van der Waals surface area contributed by atoms with E-state index < -0.39 is 0 Å². The average Bonchev–Trinajstić information content (AvgIpc) is 2.73. The van der Waals surface area contributed by atoms with E-state index >= 15 is 0 Å². The van der Waals surface area contributed by atoms with E-state index in [2.05, 4.69) is 55.4 Å². The molecule has 1 atom stereocenters. The van der Waals surface area contributed by atoms with Crippen molar-refractivity contribution in [2.45, 2.75) is 52.5 Å². The molecule has 0 radical (unpaired) electrons. The van der Waals surface area contributed by atoms with Crippen molar-refractivity contribution in [1.29, 1.82) is 0 Å². The summed E-state index contributed by atoms with van der Waals surface area (Å²) < 4.78 is 2.32. The monoisotopic (exact) mass is 278 g/mol. The van der Waals surface area contributed by atoms with Crippen molar-refractivity contribution in [3.63, 3.8) is 0 Å². The van der Waals surface area contributed by atoms with Crippen molar-refractivity contribution in [2.75, 3.05) is 0 Å². The Morgan fingerprint density at radius 3 is 2.58 bits per heavy atom. The van der Waals surface area contributed by atoms with Gasteiger partial charge in [-0.05, 0) is 50.3 Å². The van der Waals surface area contributed by atoms with E-state index in [-0.39, 0.29) is 0 Å². The second-order valence-electron chi connectivity index (χ2n) is 5.84. The molecule has 3 heteroatoms. The number of alkyl halides is 1. The molecule has 0 aliphatic carbocycles. The average molecular weight is 279 g/mol. The number of aromatic nitrogens is 2. The summed E-state index contributed by atoms with van der Waals surface area (Å²) >= 11 is 6.07. The number of halogens is 1. The molecule has 0 aliphatic heterocycles. The molecule has 2 aromatic rings. The van der Waals surface area contributed by atoms with Gasteiger partial charge in [0.05, 0.1) is 16.9 Å². The molecule has 1 heterocycles. The number of rotatable bonds is 5. The Bertz CT molecular complexity index is 557. The third-order valence-electron chi connectivity index (χ3n) is 3.64. The highest BCUT2D eigenvalue weighted by Gasteiger charge is 2.15. The molecule has 19 heavy (non-hydrogen) atoms. The van der Waals surface area contributed by atoms with Crippen molar-refractivity contribution in [3.05, 3.63) is 29.6 Å². The van der Waals surface area contributed by atoms with Gasteiger partial charge in [0.2, 0.25) is 0 Å². The zero-order valence-electron chi connectivity index (χ0n) is 12.3. The lowest BCUT2D eigenvalue weighted by molar-refractivity contribution is 0.440. The Morgan fingerprint density at radius 2 is 1.95 bits per heavy atom. The largest absolute Gasteiger partial charge is 0.324 e. The van der Waals surface area contributed by atoms with Crippen LogP contribution >= 0.6 is 11.6 Å². The van der Waals surface area contributed by atoms with E-state index in [0.29, 0.717) is 11.9 Å². The maximum atomic E-state index is 6.07. The van der Waals surface area contributed by atoms with Gasteiger partial charge in [-0.3, -0.25) is 0 Å². The number of hydrogen-bond acceptors (Lipinski definition) is 1. The Hall–Kier alpha value is -1.02. The fraction of sp³-hybridized carbons (Fsp3) is 0.562. The predicted molar refractivity (Wildman–Crippen MR) is 82.8 cm³/mol. The summed E-state index contributed by atoms with van der Waals surface area (Å²) in [6.45, 7) is 8.93. The van der Waals surface area contributed by atoms with Gasteiger partial charge in [0.15, 0.2) is 0 Å². The molecule has 1 aromatic heterocycles. The van der Waals surface area contributed by atoms with Gasteiger partial charge in [0.1, 0.15) is 5.82 Å². The fourth-order valence-electron chi connectivity index (χ4n) is 2.54. The molecule has 0 saturated heterocycles. The minimum absolute atomic E-state index is 0.447. The minimum atomic E-state index is 0.447. The topological polar surface area (TPSA) is 17.8 Å². The van der Waals surface area contributed by atoms with Crippen molar-refractivity contribution >= 4 is 22.6 Å². The SMILES string of the molecule is Cc1ccc2nc(CCl)n(C(C)CCC(C)C)c2c1. The van der Waals surface area contributed by atoms with E-state index in [1.165, 1.54) is 23.9 Å². The van der Waals surface area contributed by atoms with E-state index in [1.807, 2.05) is 0 Å². The van der Waals surface area contributed by atoms with Gasteiger partial charge < -0.3 is 4.57 Å². The Kier molecular flexibility index (Phi) is 4.51. The van der Waals surface area contributed by atoms with Crippen LogP contribution in [0.5, 0.6) is 0 Å². The van der Waals surface area contributed by atoms with Crippen LogP contribution in [-0.2, 0) is 5.88 Å². The first-order valence-electron chi connectivity index (χ1n) is 7.06. The van der Waals surface area contributed by atoms with Crippen LogP contribution in [0.25, 0.3) is 11.0 Å². The summed E-state index contributed by atoms with van der Waals surface area (Å²) in [6, 6.07) is 6.86. The normalized spacial score (nSPS) is 13.4. The highest BCUT2D eigenvalue weighted by atomic mass is 35.5. The molecule has 104 valence electrons. The van der Waals surface area contributed by atoms with E-state index in [0.717, 1.165) is 17.3 Å². The van der Waals surface area contributed by atoms with Gasteiger partial charge in [0, 0.05) is 6.04 Å². The fourth-order valence-corrected chi connectivity index (χ4v) is 2.73. The molecule has 0 spiro atoms. The first-order chi connectivity index (χ1) is 9.02. The predicted octanol–water partition coefficient (Wildman–Crippen LogP) is 5.08. The lowest BCUT2D eigenvalue weighted by atomic mass is 10.0. The summed E-state index contributed by atoms with van der Waals surface area (Å²) in [6.07, 6.45) is 2.40. The van der Waals surface area contributed by atoms with Crippen LogP contribution in [0, 0.1) is 12.8 Å². The van der Waals surface area contributed by atoms with Gasteiger partial charge in [-0.2, -0.15) is 0 Å². The van der Waals surface area contributed by atoms with E-state index in [1.54, 1.807) is 0 Å². The Labute approximate surface area is 120 Å². The molecule has 0 fully saturated rings. The van der Waals surface area contributed by atoms with Crippen LogP contribution in [-0.4, -0.2) is 9.55 Å². The molecular weight excluding hydrogens is 256 g/mol. The summed E-state index contributed by atoms with van der Waals surface area (Å²) in [7, 11) is 0. The molecule has 0 N–H and O–H groups in total. The second-order valence-corrected chi connectivity index (χ2v) is 6.11. The Balaban J connectivity index is 2.41. The quantitative estimate of drug-likeness (QED) is 0.697. The molecule has 1 unspecified atom stereocenters. The maximum absolute atomic E-state index is 6.07. The highest BCUT2D eigenvalue weighted by Crippen LogP contribution is 2.26. The summed E-state index contributed by atoms with van der Waals surface area (Å²) in [4.78, 5) is 4.65. The molecule has 0 amide bonds. The Morgan fingerprint density at radius 1 is 1.21 bits per heavy atom. The van der Waals surface area contributed by atoms with E-state index in [4.69, 9.17) is 11.6 Å². The number of benzene rings is 1. The van der Waals surface area contributed by atoms with Crippen molar-refractivity contribution in [1.82, 2.24) is 9.55 Å². The second kappa shape index (κ2) is 5.96. The molecule has 0 aliphatic rings. The minimum Gasteiger partial charge on any atom is -0.324 e. The number of fused-ring (bicyclic) bond motifs is 1. The van der Waals surface area contributed by atoms with Gasteiger partial charge >= 0.3 is 0 Å². The van der Waals surface area contributed by atoms with Crippen LogP contribution in [0.4, 0.5) is 0 Å². The van der Waals surface area contributed by atoms with Crippen LogP contribution in [0.2, 0.25) is 0 Å². The van der Waals surface area contributed by atoms with Gasteiger partial charge in [-0.25, -0.2) is 4.98 Å². The molecule has 2 nitrogen and oxygen atoms in total. The van der Waals surface area contributed by atoms with Gasteiger partial charge in [0.25, 0.3) is 0 Å². The van der Waals surface area contributed by atoms with E-state index in [9.17, 15) is 0 Å². The van der Waals surface area contributed by atoms with Crippen molar-refractivity contribution < 1.29 is 0 Å². The van der Waals surface area contributed by atoms with Crippen molar-refractivity contribution in [3.8, 4) is 0 Å². The number of hydrogen-bond donors (Lipinski definition) is 0. The van der Waals surface area contributed by atoms with Crippen LogP contribution in [0.1, 0.15) is 51.0 Å². The molecule has 2 rings (SSSR count). The van der Waals surface area contributed by atoms with Crippen LogP contribution in [0.3, 0.4) is 0 Å². The van der Waals surface area contributed by atoms with Crippen LogP contribution < -0.4 is 0 Å². The third kappa shape index (κ3) is 3.11. The molecule has 1 aromatic carbocycles. The van der Waals surface area contributed by atoms with Gasteiger partial charge in [-0.15, -0.1) is 11.6 Å². The molecular formula is C16H23ClN2. The first-order valence-corrected chi connectivity index (χ1v) is 7.59. The summed E-state index contributed by atoms with van der Waals surface area (Å²) in [5.41, 5.74) is 3.54. The zero-order chi connectivity index (χ0) is 14.0. The highest BCUT2D eigenvalue weighted by molar-refractivity contribution is 6.16. The third-order valence-corrected chi connectivity index (χ3v) is 3.88. The number of nitrogens with zero attached hydrogens (tertiary/aromatic N) is 2. The number of aryl methyl sites for hydroxylation is 1. The smallest absolute Gasteiger partial charge is 0.125 e. The first kappa shape index (κ1) is 14.4. The summed E-state index contributed by atoms with van der Waals surface area (Å²) in [5.74, 6) is 2.19. The summed E-state index contributed by atoms with van der Waals surface area (Å²) in [5, 5.41) is 0. The maximum Gasteiger partial charge on any atom is 0.125 e. The van der Waals surface area contributed by atoms with Crippen molar-refractivity contribution in [2.24, 2.45) is 5.92 Å². The molecule has 0 saturated carbocycles. The number of imidazole rings is 1. The lowest BCUT2D eigenvalue weighted by Gasteiger charge is -2.18. The lowest BCUT2D eigenvalue weighted by Crippen LogP contribution is -2.09. The van der Waals surface area contributed by atoms with Gasteiger partial charge in [-0.1, -0.05) is 19.9 Å². The molecule has 0 bridgehead atoms. The zero-order valence-corrected chi connectivity index (χ0v) is 13.0. The standard InChI is InChI=1S/C16H23ClN2/c1-11(2)5-7-13(4)19-15-9-12(3)6-8-14(15)18-16(19)10-17/h6,8-9,11,13H,5,7,10H2,1-4H3.